The third kappa shape index (κ3) is 8.65. The van der Waals surface area contributed by atoms with E-state index in [1.807, 2.05) is 24.3 Å². The molecule has 0 radical (unpaired) electrons. The number of rotatable bonds is 8. The van der Waals surface area contributed by atoms with E-state index < -0.39 is 0 Å². The van der Waals surface area contributed by atoms with Gasteiger partial charge in [-0.15, -0.1) is 24.0 Å². The lowest BCUT2D eigenvalue weighted by Crippen LogP contribution is -2.43. The average Bonchev–Trinajstić information content (AvgIpc) is 2.79. The van der Waals surface area contributed by atoms with Crippen LogP contribution in [0.5, 0.6) is 5.75 Å². The van der Waals surface area contributed by atoms with Crippen molar-refractivity contribution in [1.82, 2.24) is 15.5 Å². The third-order valence-electron chi connectivity index (χ3n) is 5.67. The number of piperidine rings is 1. The number of methoxy groups -OCH3 is 1. The van der Waals surface area contributed by atoms with Gasteiger partial charge in [0, 0.05) is 26.7 Å². The molecule has 0 atom stereocenters. The Hall–Kier alpha value is -1.87. The van der Waals surface area contributed by atoms with Gasteiger partial charge in [-0.2, -0.15) is 0 Å². The summed E-state index contributed by atoms with van der Waals surface area (Å²) in [5.74, 6) is 2.20. The fraction of sp³-hybridized carbons (Fsp3) is 0.458. The molecule has 0 spiro atoms. The number of aliphatic imine (C=N–C) groups is 1. The molecule has 1 aliphatic heterocycles. The minimum Gasteiger partial charge on any atom is -0.497 e. The molecule has 31 heavy (non-hydrogen) atoms. The van der Waals surface area contributed by atoms with Crippen molar-refractivity contribution in [3.8, 4) is 5.75 Å². The zero-order valence-electron chi connectivity index (χ0n) is 18.4. The summed E-state index contributed by atoms with van der Waals surface area (Å²) in [6.07, 6.45) is 3.22. The van der Waals surface area contributed by atoms with Gasteiger partial charge in [-0.05, 0) is 73.7 Å². The highest BCUT2D eigenvalue weighted by Crippen LogP contribution is 2.19. The van der Waals surface area contributed by atoms with Gasteiger partial charge < -0.3 is 15.4 Å². The molecule has 2 N–H and O–H groups in total. The molecule has 0 unspecified atom stereocenters. The summed E-state index contributed by atoms with van der Waals surface area (Å²) in [6, 6.07) is 15.0. The van der Waals surface area contributed by atoms with Crippen molar-refractivity contribution in [3.05, 3.63) is 65.5 Å². The lowest BCUT2D eigenvalue weighted by Gasteiger charge is -2.32. The fourth-order valence-electron chi connectivity index (χ4n) is 3.78. The van der Waals surface area contributed by atoms with Crippen molar-refractivity contribution in [2.24, 2.45) is 10.9 Å². The maximum Gasteiger partial charge on any atom is 0.190 e. The molecule has 0 aromatic heterocycles. The Morgan fingerprint density at radius 1 is 1.03 bits per heavy atom. The highest BCUT2D eigenvalue weighted by Gasteiger charge is 2.19. The Balaban J connectivity index is 0.00000341. The predicted molar refractivity (Wildman–Crippen MR) is 136 cm³/mol. The number of benzene rings is 2. The predicted octanol–water partition coefficient (Wildman–Crippen LogP) is 4.07. The minimum absolute atomic E-state index is 0. The number of nitrogens with zero attached hydrogens (tertiary/aromatic N) is 2. The molecule has 170 valence electrons. The van der Waals surface area contributed by atoms with E-state index in [1.54, 1.807) is 14.2 Å². The van der Waals surface area contributed by atoms with E-state index in [0.717, 1.165) is 56.4 Å². The van der Waals surface area contributed by atoms with Gasteiger partial charge in [-0.25, -0.2) is 4.39 Å². The van der Waals surface area contributed by atoms with Crippen LogP contribution in [0.3, 0.4) is 0 Å². The Kier molecular flexibility index (Phi) is 11.1. The number of halogens is 2. The molecule has 5 nitrogen and oxygen atoms in total. The van der Waals surface area contributed by atoms with Crippen molar-refractivity contribution in [2.75, 3.05) is 40.3 Å². The van der Waals surface area contributed by atoms with Crippen LogP contribution >= 0.6 is 24.0 Å². The summed E-state index contributed by atoms with van der Waals surface area (Å²) >= 11 is 0. The third-order valence-corrected chi connectivity index (χ3v) is 5.67. The van der Waals surface area contributed by atoms with E-state index in [-0.39, 0.29) is 29.8 Å². The van der Waals surface area contributed by atoms with Crippen LogP contribution in [-0.2, 0) is 13.0 Å². The first-order valence-corrected chi connectivity index (χ1v) is 10.7. The van der Waals surface area contributed by atoms with Crippen LogP contribution in [0.2, 0.25) is 0 Å². The molecular formula is C24H34FIN4O. The summed E-state index contributed by atoms with van der Waals surface area (Å²) in [5, 5.41) is 6.81. The van der Waals surface area contributed by atoms with Crippen LogP contribution in [-0.4, -0.2) is 51.2 Å². The van der Waals surface area contributed by atoms with Crippen LogP contribution in [0.15, 0.2) is 53.5 Å². The molecule has 1 saturated heterocycles. The zero-order chi connectivity index (χ0) is 21.2. The van der Waals surface area contributed by atoms with E-state index in [4.69, 9.17) is 4.74 Å². The van der Waals surface area contributed by atoms with Crippen LogP contribution in [0.1, 0.15) is 24.0 Å². The lowest BCUT2D eigenvalue weighted by molar-refractivity contribution is 0.178. The van der Waals surface area contributed by atoms with Crippen molar-refractivity contribution in [3.63, 3.8) is 0 Å². The largest absolute Gasteiger partial charge is 0.497 e. The van der Waals surface area contributed by atoms with Gasteiger partial charge in [0.2, 0.25) is 0 Å². The molecule has 3 rings (SSSR count). The molecule has 2 aromatic carbocycles. The van der Waals surface area contributed by atoms with Gasteiger partial charge in [0.05, 0.1) is 7.11 Å². The highest BCUT2D eigenvalue weighted by molar-refractivity contribution is 14.0. The van der Waals surface area contributed by atoms with Gasteiger partial charge in [-0.1, -0.05) is 24.3 Å². The molecule has 0 saturated carbocycles. The molecule has 0 aliphatic carbocycles. The molecule has 1 aliphatic rings. The van der Waals surface area contributed by atoms with Gasteiger partial charge in [0.15, 0.2) is 5.96 Å². The number of ether oxygens (including phenoxy) is 1. The first-order valence-electron chi connectivity index (χ1n) is 10.7. The van der Waals surface area contributed by atoms with Crippen molar-refractivity contribution < 1.29 is 9.13 Å². The van der Waals surface area contributed by atoms with Crippen molar-refractivity contribution in [2.45, 2.75) is 25.8 Å². The molecular weight excluding hydrogens is 506 g/mol. The van der Waals surface area contributed by atoms with Crippen LogP contribution in [0.25, 0.3) is 0 Å². The summed E-state index contributed by atoms with van der Waals surface area (Å²) in [7, 11) is 3.49. The quantitative estimate of drug-likeness (QED) is 0.301. The SMILES string of the molecule is CN=C(NCCc1ccc(F)cc1)NCC1CCN(Cc2ccc(OC)cc2)CC1.I. The lowest BCUT2D eigenvalue weighted by atomic mass is 9.96. The first-order chi connectivity index (χ1) is 14.7. The first kappa shape index (κ1) is 25.4. The number of hydrogen-bond acceptors (Lipinski definition) is 3. The molecule has 1 fully saturated rings. The summed E-state index contributed by atoms with van der Waals surface area (Å²) < 4.78 is 18.2. The number of hydrogen-bond donors (Lipinski definition) is 2. The molecule has 0 bridgehead atoms. The zero-order valence-corrected chi connectivity index (χ0v) is 20.8. The molecule has 0 amide bonds. The number of likely N-dealkylation sites (tertiary alicyclic amines) is 1. The van der Waals surface area contributed by atoms with E-state index in [0.29, 0.717) is 5.92 Å². The monoisotopic (exact) mass is 540 g/mol. The number of guanidine groups is 1. The van der Waals surface area contributed by atoms with Gasteiger partial charge in [0.25, 0.3) is 0 Å². The maximum atomic E-state index is 13.0. The minimum atomic E-state index is -0.195. The van der Waals surface area contributed by atoms with Gasteiger partial charge in [0.1, 0.15) is 11.6 Å². The summed E-state index contributed by atoms with van der Waals surface area (Å²) in [6.45, 7) is 4.94. The smallest absolute Gasteiger partial charge is 0.190 e. The average molecular weight is 540 g/mol. The molecule has 2 aromatic rings. The van der Waals surface area contributed by atoms with E-state index in [1.165, 1.54) is 30.5 Å². The fourth-order valence-corrected chi connectivity index (χ4v) is 3.78. The van der Waals surface area contributed by atoms with Gasteiger partial charge in [-0.3, -0.25) is 9.89 Å². The standard InChI is InChI=1S/C24H33FN4O.HI/c1-26-24(27-14-11-19-3-7-22(25)8-4-19)28-17-20-12-15-29(16-13-20)18-21-5-9-23(30-2)10-6-21;/h3-10,20H,11-18H2,1-2H3,(H2,26,27,28);1H. The Morgan fingerprint density at radius 2 is 1.68 bits per heavy atom. The van der Waals surface area contributed by atoms with Crippen molar-refractivity contribution >= 4 is 29.9 Å². The molecule has 1 heterocycles. The molecule has 7 heteroatoms. The van der Waals surface area contributed by atoms with E-state index in [2.05, 4.69) is 32.7 Å². The van der Waals surface area contributed by atoms with Crippen LogP contribution in [0, 0.1) is 11.7 Å². The summed E-state index contributed by atoms with van der Waals surface area (Å²) in [5.41, 5.74) is 2.45. The van der Waals surface area contributed by atoms with E-state index in [9.17, 15) is 4.39 Å². The van der Waals surface area contributed by atoms with Crippen LogP contribution in [0.4, 0.5) is 4.39 Å². The second kappa shape index (κ2) is 13.5. The Morgan fingerprint density at radius 3 is 2.29 bits per heavy atom. The van der Waals surface area contributed by atoms with Gasteiger partial charge >= 0.3 is 0 Å². The van der Waals surface area contributed by atoms with Crippen molar-refractivity contribution in [1.29, 1.82) is 0 Å². The number of nitrogens with one attached hydrogen (secondary N) is 2. The maximum absolute atomic E-state index is 13.0. The van der Waals surface area contributed by atoms with E-state index >= 15 is 0 Å². The second-order valence-corrected chi connectivity index (χ2v) is 7.82. The van der Waals surface area contributed by atoms with Crippen LogP contribution < -0.4 is 15.4 Å². The Bertz CT molecular complexity index is 790. The topological polar surface area (TPSA) is 48.9 Å². The Labute approximate surface area is 202 Å². The second-order valence-electron chi connectivity index (χ2n) is 7.82. The summed E-state index contributed by atoms with van der Waals surface area (Å²) in [4.78, 5) is 6.84. The normalized spacial score (nSPS) is 15.3. The highest BCUT2D eigenvalue weighted by atomic mass is 127.